The van der Waals surface area contributed by atoms with Crippen LogP contribution in [0.4, 0.5) is 0 Å². The summed E-state index contributed by atoms with van der Waals surface area (Å²) in [5.41, 5.74) is 0. The van der Waals surface area contributed by atoms with Crippen molar-refractivity contribution in [1.29, 1.82) is 0 Å². The number of hydrogen-bond donors (Lipinski definition) is 2. The molecule has 1 heterocycles. The van der Waals surface area contributed by atoms with Crippen molar-refractivity contribution in [2.45, 2.75) is 3.00 Å². The van der Waals surface area contributed by atoms with Crippen LogP contribution >= 0.6 is 34.4 Å². The van der Waals surface area contributed by atoms with E-state index in [9.17, 15) is 0 Å². The lowest BCUT2D eigenvalue weighted by Crippen LogP contribution is -2.48. The molecule has 52 valence electrons. The Kier molecular flexibility index (Phi) is 2.66. The molecule has 0 aliphatic carbocycles. The minimum Gasteiger partial charge on any atom is -0.357 e. The molecule has 0 aromatic rings. The van der Waals surface area contributed by atoms with E-state index in [0.717, 1.165) is 6.54 Å². The Hall–Kier alpha value is 0.580. The van der Waals surface area contributed by atoms with Crippen LogP contribution in [0.15, 0.2) is 12.3 Å². The molecule has 0 aromatic heterocycles. The second-order valence-electron chi connectivity index (χ2n) is 1.73. The topological polar surface area (TPSA) is 24.1 Å². The molecule has 0 saturated heterocycles. The van der Waals surface area contributed by atoms with Gasteiger partial charge >= 0.3 is 0 Å². The summed E-state index contributed by atoms with van der Waals surface area (Å²) in [4.78, 5) is 0. The van der Waals surface area contributed by atoms with Gasteiger partial charge in [-0.3, -0.25) is 5.32 Å². The van der Waals surface area contributed by atoms with Crippen molar-refractivity contribution in [2.75, 3.05) is 12.8 Å². The Bertz CT molecular complexity index is 128. The Labute approximate surface area is 73.0 Å². The number of rotatable bonds is 1. The van der Waals surface area contributed by atoms with Crippen molar-refractivity contribution in [2.24, 2.45) is 0 Å². The van der Waals surface area contributed by atoms with Crippen LogP contribution in [0.25, 0.3) is 0 Å². The Morgan fingerprint density at radius 1 is 1.78 bits per heavy atom. The molecule has 0 spiro atoms. The van der Waals surface area contributed by atoms with Gasteiger partial charge < -0.3 is 5.32 Å². The summed E-state index contributed by atoms with van der Waals surface area (Å²) in [6.07, 6.45) is 6.12. The smallest absolute Gasteiger partial charge is 0.189 e. The summed E-state index contributed by atoms with van der Waals surface area (Å²) in [5.74, 6) is 0. The van der Waals surface area contributed by atoms with Gasteiger partial charge in [-0.05, 0) is 35.0 Å². The number of alkyl halides is 1. The fraction of sp³-hybridized carbons (Fsp3) is 0.600. The van der Waals surface area contributed by atoms with Crippen molar-refractivity contribution in [3.8, 4) is 0 Å². The monoisotopic (exact) mass is 256 g/mol. The molecule has 9 heavy (non-hydrogen) atoms. The second kappa shape index (κ2) is 3.12. The highest BCUT2D eigenvalue weighted by Gasteiger charge is 2.23. The fourth-order valence-corrected chi connectivity index (χ4v) is 1.41. The minimum atomic E-state index is 0.0203. The molecule has 0 aromatic carbocycles. The second-order valence-corrected chi connectivity index (χ2v) is 5.10. The largest absolute Gasteiger partial charge is 0.357 e. The molecule has 1 aliphatic rings. The van der Waals surface area contributed by atoms with Crippen LogP contribution in [-0.2, 0) is 0 Å². The van der Waals surface area contributed by atoms with Gasteiger partial charge in [0.15, 0.2) is 3.00 Å². The zero-order valence-electron chi connectivity index (χ0n) is 5.15. The maximum absolute atomic E-state index is 3.30. The van der Waals surface area contributed by atoms with Gasteiger partial charge in [-0.2, -0.15) is 0 Å². The molecule has 0 fully saturated rings. The quantitative estimate of drug-likeness (QED) is 0.417. The summed E-state index contributed by atoms with van der Waals surface area (Å²) < 4.78 is 0.0203. The van der Waals surface area contributed by atoms with Crippen molar-refractivity contribution < 1.29 is 0 Å². The van der Waals surface area contributed by atoms with Gasteiger partial charge in [-0.1, -0.05) is 6.08 Å². The first-order valence-corrected chi connectivity index (χ1v) is 4.99. The average molecular weight is 256 g/mol. The van der Waals surface area contributed by atoms with E-state index in [-0.39, 0.29) is 3.00 Å². The normalized spacial score (nSPS) is 34.0. The fourth-order valence-electron chi connectivity index (χ4n) is 0.597. The number of hydrogen-bond acceptors (Lipinski definition) is 3. The van der Waals surface area contributed by atoms with E-state index in [1.54, 1.807) is 11.8 Å². The first-order valence-electron chi connectivity index (χ1n) is 2.69. The summed E-state index contributed by atoms with van der Waals surface area (Å²) in [5, 5.41) is 6.50. The Morgan fingerprint density at radius 3 is 2.89 bits per heavy atom. The third kappa shape index (κ3) is 2.01. The van der Waals surface area contributed by atoms with Gasteiger partial charge in [-0.15, -0.1) is 11.8 Å². The molecule has 2 nitrogen and oxygen atoms in total. The number of thioether (sulfide) groups is 1. The number of halogens is 1. The van der Waals surface area contributed by atoms with Gasteiger partial charge in [0.25, 0.3) is 0 Å². The molecule has 0 radical (unpaired) electrons. The minimum absolute atomic E-state index is 0.0203. The van der Waals surface area contributed by atoms with E-state index < -0.39 is 0 Å². The molecule has 2 N–H and O–H groups in total. The zero-order chi connectivity index (χ0) is 6.74. The molecule has 0 saturated carbocycles. The molecule has 4 heteroatoms. The molecular weight excluding hydrogens is 247 g/mol. The first-order chi connectivity index (χ1) is 4.27. The third-order valence-electron chi connectivity index (χ3n) is 1.12. The Balaban J connectivity index is 2.50. The predicted octanol–water partition coefficient (Wildman–Crippen LogP) is 1.10. The van der Waals surface area contributed by atoms with Crippen LogP contribution in [0.1, 0.15) is 0 Å². The van der Waals surface area contributed by atoms with E-state index in [2.05, 4.69) is 45.6 Å². The van der Waals surface area contributed by atoms with E-state index in [1.807, 2.05) is 6.20 Å². The molecule has 1 aliphatic heterocycles. The van der Waals surface area contributed by atoms with Gasteiger partial charge in [0, 0.05) is 6.54 Å². The van der Waals surface area contributed by atoms with Crippen LogP contribution in [-0.4, -0.2) is 15.8 Å². The first kappa shape index (κ1) is 7.68. The highest BCUT2D eigenvalue weighted by Crippen LogP contribution is 2.25. The van der Waals surface area contributed by atoms with Gasteiger partial charge in [0.2, 0.25) is 0 Å². The summed E-state index contributed by atoms with van der Waals surface area (Å²) in [6.45, 7) is 0.955. The van der Waals surface area contributed by atoms with Gasteiger partial charge in [0.1, 0.15) is 0 Å². The van der Waals surface area contributed by atoms with E-state index >= 15 is 0 Å². The highest BCUT2D eigenvalue weighted by atomic mass is 127. The summed E-state index contributed by atoms with van der Waals surface area (Å²) in [6, 6.07) is 0. The van der Waals surface area contributed by atoms with Crippen LogP contribution in [0.2, 0.25) is 0 Å². The highest BCUT2D eigenvalue weighted by molar-refractivity contribution is 14.1. The SMILES string of the molecule is CSC1(I)NC=CCN1. The lowest BCUT2D eigenvalue weighted by Gasteiger charge is -2.29. The van der Waals surface area contributed by atoms with E-state index in [0.29, 0.717) is 0 Å². The van der Waals surface area contributed by atoms with E-state index in [4.69, 9.17) is 0 Å². The molecule has 1 atom stereocenters. The lowest BCUT2D eigenvalue weighted by atomic mass is 10.5. The molecule has 0 bridgehead atoms. The Morgan fingerprint density at radius 2 is 2.56 bits per heavy atom. The third-order valence-corrected chi connectivity index (χ3v) is 3.95. The average Bonchev–Trinajstić information content (AvgIpc) is 1.90. The van der Waals surface area contributed by atoms with Crippen LogP contribution in [0, 0.1) is 0 Å². The van der Waals surface area contributed by atoms with Crippen molar-refractivity contribution in [1.82, 2.24) is 10.6 Å². The van der Waals surface area contributed by atoms with Gasteiger partial charge in [0.05, 0.1) is 0 Å². The molecule has 0 amide bonds. The van der Waals surface area contributed by atoms with Crippen LogP contribution in [0.3, 0.4) is 0 Å². The van der Waals surface area contributed by atoms with Crippen LogP contribution < -0.4 is 10.6 Å². The zero-order valence-corrected chi connectivity index (χ0v) is 8.12. The molecular formula is C5H9IN2S. The van der Waals surface area contributed by atoms with Gasteiger partial charge in [-0.25, -0.2) is 0 Å². The maximum atomic E-state index is 3.30. The summed E-state index contributed by atoms with van der Waals surface area (Å²) >= 11 is 4.10. The molecule has 1 unspecified atom stereocenters. The molecule has 1 rings (SSSR count). The lowest BCUT2D eigenvalue weighted by molar-refractivity contribution is 0.601. The van der Waals surface area contributed by atoms with Crippen molar-refractivity contribution >= 4 is 34.4 Å². The van der Waals surface area contributed by atoms with Crippen molar-refractivity contribution in [3.05, 3.63) is 12.3 Å². The predicted molar refractivity (Wildman–Crippen MR) is 50.5 cm³/mol. The van der Waals surface area contributed by atoms with Crippen LogP contribution in [0.5, 0.6) is 0 Å². The maximum Gasteiger partial charge on any atom is 0.189 e. The summed E-state index contributed by atoms with van der Waals surface area (Å²) in [7, 11) is 0. The number of nitrogens with one attached hydrogen (secondary N) is 2. The van der Waals surface area contributed by atoms with Crippen molar-refractivity contribution in [3.63, 3.8) is 0 Å². The standard InChI is InChI=1S/C5H9IN2S/c1-9-5(6)7-3-2-4-8-5/h2-3,7-8H,4H2,1H3. The van der Waals surface area contributed by atoms with E-state index in [1.165, 1.54) is 0 Å².